The van der Waals surface area contributed by atoms with Gasteiger partial charge in [0.05, 0.1) is 0 Å². The van der Waals surface area contributed by atoms with Gasteiger partial charge in [0, 0.05) is 15.9 Å². The largest absolute Gasteiger partial charge is 0.126 e. The Hall–Kier alpha value is 0.0900. The first-order chi connectivity index (χ1) is 7.58. The molecule has 0 aliphatic rings. The van der Waals surface area contributed by atoms with Crippen LogP contribution in [0.5, 0.6) is 0 Å². The molecule has 0 fully saturated rings. The minimum Gasteiger partial charge on any atom is -0.126 e. The van der Waals surface area contributed by atoms with E-state index in [1.165, 1.54) is 0 Å². The number of rotatable bonds is 5. The maximum absolute atomic E-state index is 6.18. The Morgan fingerprint density at radius 1 is 1.06 bits per heavy atom. The second-order valence-electron chi connectivity index (χ2n) is 4.22. The predicted molar refractivity (Wildman–Crippen MR) is 73.9 cm³/mol. The predicted octanol–water partition coefficient (Wildman–Crippen LogP) is 5.58. The fraction of sp³-hybridized carbons (Fsp3) is 0.538. The molecule has 0 aliphatic carbocycles. The highest BCUT2D eigenvalue weighted by atomic mass is 35.5. The summed E-state index contributed by atoms with van der Waals surface area (Å²) in [5.74, 6) is 0.640. The van der Waals surface area contributed by atoms with Gasteiger partial charge in [0.15, 0.2) is 0 Å². The van der Waals surface area contributed by atoms with E-state index in [0.29, 0.717) is 5.88 Å². The molecule has 0 spiro atoms. The second-order valence-corrected chi connectivity index (χ2v) is 5.30. The summed E-state index contributed by atoms with van der Waals surface area (Å²) < 4.78 is 0. The zero-order chi connectivity index (χ0) is 12.2. The third-order valence-corrected chi connectivity index (χ3v) is 4.67. The molecule has 16 heavy (non-hydrogen) atoms. The van der Waals surface area contributed by atoms with Crippen molar-refractivity contribution in [3.63, 3.8) is 0 Å². The molecular weight excluding hydrogens is 263 g/mol. The number of benzene rings is 1. The first-order valence-electron chi connectivity index (χ1n) is 5.57. The summed E-state index contributed by atoms with van der Waals surface area (Å²) in [6.45, 7) is 4.33. The van der Waals surface area contributed by atoms with Crippen molar-refractivity contribution in [1.82, 2.24) is 0 Å². The van der Waals surface area contributed by atoms with Crippen LogP contribution in [0, 0.1) is 5.41 Å². The molecule has 1 aromatic rings. The highest BCUT2D eigenvalue weighted by molar-refractivity contribution is 6.36. The van der Waals surface area contributed by atoms with Gasteiger partial charge in [0.25, 0.3) is 0 Å². The third kappa shape index (κ3) is 3.06. The Kier molecular flexibility index (Phi) is 5.43. The monoisotopic (exact) mass is 278 g/mol. The lowest BCUT2D eigenvalue weighted by molar-refractivity contribution is 0.302. The van der Waals surface area contributed by atoms with E-state index < -0.39 is 0 Å². The Bertz CT molecular complexity index is 315. The van der Waals surface area contributed by atoms with Crippen LogP contribution >= 0.6 is 34.8 Å². The smallest absolute Gasteiger partial charge is 0.0453 e. The quantitative estimate of drug-likeness (QED) is 0.617. The molecule has 0 N–H and O–H groups in total. The molecule has 0 aromatic heterocycles. The van der Waals surface area contributed by atoms with E-state index in [1.807, 2.05) is 18.2 Å². The molecule has 0 bridgehead atoms. The van der Waals surface area contributed by atoms with Crippen LogP contribution in [0.2, 0.25) is 10.0 Å². The lowest BCUT2D eigenvalue weighted by atomic mass is 9.79. The summed E-state index contributed by atoms with van der Waals surface area (Å²) in [4.78, 5) is 0. The van der Waals surface area contributed by atoms with Crippen LogP contribution in [0.4, 0.5) is 0 Å². The number of halogens is 3. The average molecular weight is 280 g/mol. The maximum Gasteiger partial charge on any atom is 0.0453 e. The number of hydrogen-bond acceptors (Lipinski definition) is 0. The minimum atomic E-state index is 0.107. The van der Waals surface area contributed by atoms with Gasteiger partial charge in [-0.2, -0.15) is 0 Å². The molecule has 1 rings (SSSR count). The Morgan fingerprint density at radius 3 is 1.94 bits per heavy atom. The highest BCUT2D eigenvalue weighted by Gasteiger charge is 2.27. The van der Waals surface area contributed by atoms with Gasteiger partial charge in [-0.25, -0.2) is 0 Å². The van der Waals surface area contributed by atoms with Gasteiger partial charge < -0.3 is 0 Å². The van der Waals surface area contributed by atoms with E-state index in [9.17, 15) is 0 Å². The molecule has 1 aromatic carbocycles. The van der Waals surface area contributed by atoms with E-state index in [-0.39, 0.29) is 5.41 Å². The van der Waals surface area contributed by atoms with Gasteiger partial charge in [-0.05, 0) is 42.4 Å². The molecule has 0 aliphatic heterocycles. The van der Waals surface area contributed by atoms with Crippen LogP contribution in [0.25, 0.3) is 0 Å². The van der Waals surface area contributed by atoms with Gasteiger partial charge in [-0.3, -0.25) is 0 Å². The second kappa shape index (κ2) is 6.14. The van der Waals surface area contributed by atoms with Crippen LogP contribution in [0.3, 0.4) is 0 Å². The number of hydrogen-bond donors (Lipinski definition) is 0. The van der Waals surface area contributed by atoms with Crippen molar-refractivity contribution in [2.75, 3.05) is 5.88 Å². The summed E-state index contributed by atoms with van der Waals surface area (Å²) in [5.41, 5.74) is 1.13. The normalized spacial score (nSPS) is 11.8. The minimum absolute atomic E-state index is 0.107. The third-order valence-electron chi connectivity index (χ3n) is 3.40. The molecule has 0 nitrogen and oxygen atoms in total. The summed E-state index contributed by atoms with van der Waals surface area (Å²) in [6, 6.07) is 5.63. The van der Waals surface area contributed by atoms with Crippen molar-refractivity contribution in [3.05, 3.63) is 33.8 Å². The molecule has 0 amide bonds. The van der Waals surface area contributed by atoms with E-state index in [1.54, 1.807) is 0 Å². The van der Waals surface area contributed by atoms with Crippen LogP contribution in [-0.2, 0) is 6.42 Å². The van der Waals surface area contributed by atoms with E-state index in [4.69, 9.17) is 34.8 Å². The molecule has 0 atom stereocenters. The Morgan fingerprint density at radius 2 is 1.56 bits per heavy atom. The standard InChI is InChI=1S/C13H17Cl3/c1-3-13(4-2,9-14)8-10-11(15)6-5-7-12(10)16/h5-7H,3-4,8-9H2,1-2H3. The molecular formula is C13H17Cl3. The Labute approximate surface area is 113 Å². The van der Waals surface area contributed by atoms with Gasteiger partial charge >= 0.3 is 0 Å². The summed E-state index contributed by atoms with van der Waals surface area (Å²) in [7, 11) is 0. The van der Waals surface area contributed by atoms with Crippen molar-refractivity contribution >= 4 is 34.8 Å². The van der Waals surface area contributed by atoms with E-state index in [2.05, 4.69) is 13.8 Å². The van der Waals surface area contributed by atoms with Crippen molar-refractivity contribution < 1.29 is 0 Å². The van der Waals surface area contributed by atoms with Crippen molar-refractivity contribution in [1.29, 1.82) is 0 Å². The van der Waals surface area contributed by atoms with Gasteiger partial charge in [0.2, 0.25) is 0 Å². The van der Waals surface area contributed by atoms with Gasteiger partial charge in [0.1, 0.15) is 0 Å². The number of alkyl halides is 1. The van der Waals surface area contributed by atoms with Crippen LogP contribution in [0.1, 0.15) is 32.3 Å². The topological polar surface area (TPSA) is 0 Å². The molecule has 0 radical (unpaired) electrons. The highest BCUT2D eigenvalue weighted by Crippen LogP contribution is 2.37. The molecule has 0 unspecified atom stereocenters. The Balaban J connectivity index is 3.02. The summed E-state index contributed by atoms with van der Waals surface area (Å²) >= 11 is 18.5. The van der Waals surface area contributed by atoms with Crippen molar-refractivity contribution in [3.8, 4) is 0 Å². The lowest BCUT2D eigenvalue weighted by Gasteiger charge is -2.30. The fourth-order valence-corrected chi connectivity index (χ4v) is 2.82. The molecule has 90 valence electrons. The summed E-state index contributed by atoms with van der Waals surface area (Å²) in [6.07, 6.45) is 2.92. The molecule has 0 heterocycles. The maximum atomic E-state index is 6.18. The summed E-state index contributed by atoms with van der Waals surface area (Å²) in [5, 5.41) is 1.48. The van der Waals surface area contributed by atoms with E-state index in [0.717, 1.165) is 34.9 Å². The SMILES string of the molecule is CCC(CC)(CCl)Cc1c(Cl)cccc1Cl. The van der Waals surface area contributed by atoms with Crippen LogP contribution in [-0.4, -0.2) is 5.88 Å². The van der Waals surface area contributed by atoms with Crippen molar-refractivity contribution in [2.45, 2.75) is 33.1 Å². The zero-order valence-electron chi connectivity index (χ0n) is 9.69. The van der Waals surface area contributed by atoms with Gasteiger partial charge in [-0.1, -0.05) is 43.1 Å². The van der Waals surface area contributed by atoms with Crippen LogP contribution < -0.4 is 0 Å². The lowest BCUT2D eigenvalue weighted by Crippen LogP contribution is -2.24. The molecule has 3 heteroatoms. The van der Waals surface area contributed by atoms with Crippen molar-refractivity contribution in [2.24, 2.45) is 5.41 Å². The van der Waals surface area contributed by atoms with Crippen LogP contribution in [0.15, 0.2) is 18.2 Å². The molecule has 0 saturated heterocycles. The average Bonchev–Trinajstić information content (AvgIpc) is 2.30. The first-order valence-corrected chi connectivity index (χ1v) is 6.86. The zero-order valence-corrected chi connectivity index (χ0v) is 12.0. The fourth-order valence-electron chi connectivity index (χ4n) is 1.81. The van der Waals surface area contributed by atoms with Gasteiger partial charge in [-0.15, -0.1) is 11.6 Å². The van der Waals surface area contributed by atoms with E-state index >= 15 is 0 Å². The first kappa shape index (κ1) is 14.2. The molecule has 0 saturated carbocycles.